The van der Waals surface area contributed by atoms with E-state index in [2.05, 4.69) is 36.3 Å². The van der Waals surface area contributed by atoms with E-state index < -0.39 is 0 Å². The number of aromatic nitrogens is 1. The Kier molecular flexibility index (Phi) is 4.99. The Bertz CT molecular complexity index is 648. The minimum absolute atomic E-state index is 0.841. The normalized spacial score (nSPS) is 12.1. The summed E-state index contributed by atoms with van der Waals surface area (Å²) in [5.74, 6) is 2.58. The van der Waals surface area contributed by atoms with Crippen LogP contribution in [0.25, 0.3) is 23.5 Å². The van der Waals surface area contributed by atoms with E-state index in [0.717, 1.165) is 34.9 Å². The molecule has 2 rings (SSSR count). The zero-order valence-electron chi connectivity index (χ0n) is 13.1. The van der Waals surface area contributed by atoms with Crippen molar-refractivity contribution in [2.24, 2.45) is 0 Å². The van der Waals surface area contributed by atoms with Crippen molar-refractivity contribution in [3.8, 4) is 11.3 Å². The van der Waals surface area contributed by atoms with Crippen LogP contribution in [0.15, 0.2) is 40.5 Å². The number of furan rings is 1. The topological polar surface area (TPSA) is 38.1 Å². The Morgan fingerprint density at radius 2 is 2.19 bits per heavy atom. The van der Waals surface area contributed by atoms with Gasteiger partial charge in [0.1, 0.15) is 17.3 Å². The Morgan fingerprint density at radius 3 is 2.76 bits per heavy atom. The van der Waals surface area contributed by atoms with Gasteiger partial charge < -0.3 is 9.73 Å². The van der Waals surface area contributed by atoms with E-state index in [1.165, 1.54) is 5.57 Å². The average Bonchev–Trinajstić information content (AvgIpc) is 2.90. The Balaban J connectivity index is 2.42. The molecule has 0 aromatic carbocycles. The highest BCUT2D eigenvalue weighted by molar-refractivity contribution is 5.70. The summed E-state index contributed by atoms with van der Waals surface area (Å²) < 4.78 is 5.97. The molecule has 0 aliphatic carbocycles. The van der Waals surface area contributed by atoms with Crippen LogP contribution in [0.5, 0.6) is 0 Å². The van der Waals surface area contributed by atoms with E-state index >= 15 is 0 Å². The molecule has 2 aromatic heterocycles. The summed E-state index contributed by atoms with van der Waals surface area (Å²) in [4.78, 5) is 4.33. The number of hydrogen-bond acceptors (Lipinski definition) is 3. The second kappa shape index (κ2) is 6.93. The summed E-state index contributed by atoms with van der Waals surface area (Å²) >= 11 is 0. The number of pyridine rings is 1. The largest absolute Gasteiger partial charge is 0.456 e. The fraction of sp³-hybridized carbons (Fsp3) is 0.278. The zero-order chi connectivity index (χ0) is 15.2. The van der Waals surface area contributed by atoms with Crippen LogP contribution in [-0.2, 0) is 0 Å². The molecular weight excluding hydrogens is 260 g/mol. The van der Waals surface area contributed by atoms with Gasteiger partial charge in [0.05, 0.1) is 0 Å². The maximum absolute atomic E-state index is 5.97. The van der Waals surface area contributed by atoms with Crippen LogP contribution >= 0.6 is 0 Å². The predicted octanol–water partition coefficient (Wildman–Crippen LogP) is 5.23. The Labute approximate surface area is 126 Å². The molecule has 0 amide bonds. The molecule has 0 unspecified atom stereocenters. The van der Waals surface area contributed by atoms with Crippen LogP contribution in [-0.4, -0.2) is 12.0 Å². The van der Waals surface area contributed by atoms with Gasteiger partial charge in [0.25, 0.3) is 0 Å². The first-order valence-electron chi connectivity index (χ1n) is 7.25. The van der Waals surface area contributed by atoms with Crippen molar-refractivity contribution in [3.05, 3.63) is 47.4 Å². The van der Waals surface area contributed by atoms with Crippen molar-refractivity contribution in [2.45, 2.75) is 27.2 Å². The molecular formula is C18H22N2O. The molecule has 0 bridgehead atoms. The van der Waals surface area contributed by atoms with Gasteiger partial charge >= 0.3 is 0 Å². The number of rotatable bonds is 5. The summed E-state index contributed by atoms with van der Waals surface area (Å²) in [6, 6.07) is 6.03. The molecule has 0 radical (unpaired) electrons. The fourth-order valence-corrected chi connectivity index (χ4v) is 2.01. The predicted molar refractivity (Wildman–Crippen MR) is 90.1 cm³/mol. The van der Waals surface area contributed by atoms with E-state index in [9.17, 15) is 0 Å². The van der Waals surface area contributed by atoms with Crippen LogP contribution in [0.4, 0.5) is 5.82 Å². The van der Waals surface area contributed by atoms with Crippen molar-refractivity contribution in [1.82, 2.24) is 4.98 Å². The van der Waals surface area contributed by atoms with E-state index in [0.29, 0.717) is 0 Å². The molecule has 0 aliphatic rings. The number of hydrogen-bond donors (Lipinski definition) is 1. The van der Waals surface area contributed by atoms with E-state index in [1.54, 1.807) is 0 Å². The number of nitrogens with one attached hydrogen (secondary N) is 1. The molecule has 2 aromatic rings. The summed E-state index contributed by atoms with van der Waals surface area (Å²) in [6.07, 6.45) is 9.02. The van der Waals surface area contributed by atoms with E-state index in [4.69, 9.17) is 4.42 Å². The van der Waals surface area contributed by atoms with Gasteiger partial charge in [-0.2, -0.15) is 0 Å². The number of nitrogens with zero attached hydrogens (tertiary/aromatic N) is 1. The van der Waals surface area contributed by atoms with Gasteiger partial charge in [-0.05, 0) is 44.5 Å². The average molecular weight is 282 g/mol. The van der Waals surface area contributed by atoms with Gasteiger partial charge in [-0.1, -0.05) is 24.6 Å². The summed E-state index contributed by atoms with van der Waals surface area (Å²) in [7, 11) is 1.86. The first-order valence-corrected chi connectivity index (χ1v) is 7.25. The molecule has 0 saturated heterocycles. The third kappa shape index (κ3) is 3.63. The molecule has 0 spiro atoms. The minimum Gasteiger partial charge on any atom is -0.456 e. The molecule has 2 heterocycles. The third-order valence-corrected chi connectivity index (χ3v) is 3.37. The highest BCUT2D eigenvalue weighted by Crippen LogP contribution is 2.28. The highest BCUT2D eigenvalue weighted by atomic mass is 16.3. The number of anilines is 1. The van der Waals surface area contributed by atoms with Crippen molar-refractivity contribution in [3.63, 3.8) is 0 Å². The molecule has 0 fully saturated rings. The lowest BCUT2D eigenvalue weighted by molar-refractivity contribution is 0.571. The second-order valence-electron chi connectivity index (χ2n) is 4.96. The van der Waals surface area contributed by atoms with Gasteiger partial charge in [0.2, 0.25) is 0 Å². The van der Waals surface area contributed by atoms with Crippen LogP contribution < -0.4 is 5.32 Å². The zero-order valence-corrected chi connectivity index (χ0v) is 13.1. The minimum atomic E-state index is 0.841. The van der Waals surface area contributed by atoms with Crippen LogP contribution in [0.3, 0.4) is 0 Å². The lowest BCUT2D eigenvalue weighted by atomic mass is 10.1. The molecule has 110 valence electrons. The van der Waals surface area contributed by atoms with E-state index in [1.807, 2.05) is 44.5 Å². The lowest BCUT2D eigenvalue weighted by Crippen LogP contribution is -1.90. The van der Waals surface area contributed by atoms with Gasteiger partial charge in [0.15, 0.2) is 0 Å². The summed E-state index contributed by atoms with van der Waals surface area (Å²) in [6.45, 7) is 6.28. The summed E-state index contributed by atoms with van der Waals surface area (Å²) in [5.41, 5.74) is 3.42. The Hall–Kier alpha value is -2.29. The van der Waals surface area contributed by atoms with E-state index in [-0.39, 0.29) is 0 Å². The summed E-state index contributed by atoms with van der Waals surface area (Å²) in [5, 5.41) is 3.01. The Morgan fingerprint density at radius 1 is 1.38 bits per heavy atom. The van der Waals surface area contributed by atoms with Gasteiger partial charge in [-0.3, -0.25) is 0 Å². The van der Waals surface area contributed by atoms with Crippen molar-refractivity contribution < 1.29 is 4.42 Å². The molecule has 1 N–H and O–H groups in total. The van der Waals surface area contributed by atoms with Crippen LogP contribution in [0, 0.1) is 0 Å². The van der Waals surface area contributed by atoms with Crippen molar-refractivity contribution in [2.75, 3.05) is 12.4 Å². The SMILES string of the molecule is C/C=C\c1oc(-c2ccc(NC)nc2)cc1/C=C(/C)CC. The van der Waals surface area contributed by atoms with Crippen molar-refractivity contribution in [1.29, 1.82) is 0 Å². The third-order valence-electron chi connectivity index (χ3n) is 3.37. The van der Waals surface area contributed by atoms with Gasteiger partial charge in [-0.25, -0.2) is 4.98 Å². The quantitative estimate of drug-likeness (QED) is 0.816. The molecule has 3 nitrogen and oxygen atoms in total. The van der Waals surface area contributed by atoms with Gasteiger partial charge in [0, 0.05) is 24.4 Å². The second-order valence-corrected chi connectivity index (χ2v) is 4.96. The standard InChI is InChI=1S/C18H22N2O/c1-5-7-16-15(10-13(3)6-2)11-17(21-16)14-8-9-18(19-4)20-12-14/h5,7-12H,6H2,1-4H3,(H,19,20)/b7-5-,13-10-. The molecule has 3 heteroatoms. The molecule has 0 saturated carbocycles. The van der Waals surface area contributed by atoms with Gasteiger partial charge in [-0.15, -0.1) is 0 Å². The molecule has 0 atom stereocenters. The molecule has 0 aliphatic heterocycles. The maximum Gasteiger partial charge on any atom is 0.136 e. The van der Waals surface area contributed by atoms with Crippen LogP contribution in [0.1, 0.15) is 38.5 Å². The first kappa shape index (κ1) is 15.1. The smallest absolute Gasteiger partial charge is 0.136 e. The fourth-order valence-electron chi connectivity index (χ4n) is 2.01. The highest BCUT2D eigenvalue weighted by Gasteiger charge is 2.09. The first-order chi connectivity index (χ1) is 10.2. The molecule has 21 heavy (non-hydrogen) atoms. The van der Waals surface area contributed by atoms with Crippen LogP contribution in [0.2, 0.25) is 0 Å². The monoisotopic (exact) mass is 282 g/mol. The maximum atomic E-state index is 5.97. The number of allylic oxidation sites excluding steroid dienone is 2. The van der Waals surface area contributed by atoms with Crippen molar-refractivity contribution >= 4 is 18.0 Å². The lowest BCUT2D eigenvalue weighted by Gasteiger charge is -1.99.